The van der Waals surface area contributed by atoms with E-state index >= 15 is 0 Å². The Bertz CT molecular complexity index is 964. The van der Waals surface area contributed by atoms with Crippen molar-refractivity contribution in [1.82, 2.24) is 19.8 Å². The van der Waals surface area contributed by atoms with Crippen molar-refractivity contribution < 1.29 is 4.74 Å². The van der Waals surface area contributed by atoms with E-state index < -0.39 is 6.17 Å². The van der Waals surface area contributed by atoms with Crippen LogP contribution in [-0.2, 0) is 11.8 Å². The highest BCUT2D eigenvalue weighted by Crippen LogP contribution is 2.36. The van der Waals surface area contributed by atoms with E-state index in [0.29, 0.717) is 18.1 Å². The number of anilines is 2. The molecule has 1 saturated heterocycles. The molecule has 4 rings (SSSR count). The van der Waals surface area contributed by atoms with Gasteiger partial charge in [-0.3, -0.25) is 9.48 Å². The average molecular weight is 402 g/mol. The Morgan fingerprint density at radius 1 is 1.34 bits per heavy atom. The summed E-state index contributed by atoms with van der Waals surface area (Å²) in [5.41, 5.74) is 15.1. The van der Waals surface area contributed by atoms with Crippen molar-refractivity contribution in [3.05, 3.63) is 28.2 Å². The molecule has 4 heterocycles. The first kappa shape index (κ1) is 19.9. The zero-order chi connectivity index (χ0) is 20.9. The van der Waals surface area contributed by atoms with Crippen LogP contribution in [0.5, 0.6) is 0 Å². The molecular formula is C20H31N7O2. The molecule has 3 atom stereocenters. The van der Waals surface area contributed by atoms with Crippen molar-refractivity contribution in [2.75, 3.05) is 30.0 Å². The van der Waals surface area contributed by atoms with Gasteiger partial charge in [-0.1, -0.05) is 13.8 Å². The van der Waals surface area contributed by atoms with Gasteiger partial charge in [-0.05, 0) is 19.8 Å². The summed E-state index contributed by atoms with van der Waals surface area (Å²) >= 11 is 0. The number of ether oxygens (including phenoxy) is 1. The number of nitrogens with one attached hydrogen (secondary N) is 2. The van der Waals surface area contributed by atoms with Crippen LogP contribution in [0.4, 0.5) is 11.5 Å². The lowest BCUT2D eigenvalue weighted by Gasteiger charge is -2.32. The number of morpholine rings is 1. The number of hydrogen-bond donors (Lipinski definition) is 3. The molecule has 0 saturated carbocycles. The summed E-state index contributed by atoms with van der Waals surface area (Å²) in [5, 5.41) is 4.77. The van der Waals surface area contributed by atoms with Gasteiger partial charge in [0.05, 0.1) is 29.7 Å². The second kappa shape index (κ2) is 7.47. The van der Waals surface area contributed by atoms with Gasteiger partial charge in [-0.15, -0.1) is 0 Å². The normalized spacial score (nSPS) is 22.7. The molecule has 1 fully saturated rings. The molecule has 0 aliphatic carbocycles. The van der Waals surface area contributed by atoms with Gasteiger partial charge in [0, 0.05) is 44.0 Å². The van der Waals surface area contributed by atoms with E-state index in [1.165, 1.54) is 0 Å². The van der Waals surface area contributed by atoms with Crippen LogP contribution >= 0.6 is 0 Å². The Labute approximate surface area is 170 Å². The number of nitrogens with zero attached hydrogens (tertiary/aromatic N) is 4. The fourth-order valence-electron chi connectivity index (χ4n) is 4.03. The summed E-state index contributed by atoms with van der Waals surface area (Å²) in [6.45, 7) is 10.7. The number of aryl methyl sites for hydroxylation is 1. The monoisotopic (exact) mass is 401 g/mol. The van der Waals surface area contributed by atoms with Crippen molar-refractivity contribution >= 4 is 11.5 Å². The summed E-state index contributed by atoms with van der Waals surface area (Å²) in [5.74, 6) is 1.35. The molecule has 9 heteroatoms. The van der Waals surface area contributed by atoms with Crippen molar-refractivity contribution in [2.45, 2.75) is 46.0 Å². The number of hydrazine groups is 1. The number of aromatic nitrogens is 3. The lowest BCUT2D eigenvalue weighted by molar-refractivity contribution is 0.0527. The molecule has 0 spiro atoms. The first-order chi connectivity index (χ1) is 13.8. The number of nitrogens with two attached hydrogens (primary N) is 1. The van der Waals surface area contributed by atoms with Crippen LogP contribution in [-0.4, -0.2) is 40.1 Å². The van der Waals surface area contributed by atoms with E-state index in [9.17, 15) is 4.79 Å². The summed E-state index contributed by atoms with van der Waals surface area (Å²) < 4.78 is 9.35. The minimum atomic E-state index is -0.550. The maximum absolute atomic E-state index is 13.1. The van der Waals surface area contributed by atoms with Gasteiger partial charge in [-0.25, -0.2) is 5.43 Å². The standard InChI is InChI=1S/C20H31N7O2/c1-11(2)13(4)27-10-14(18-17(20(27)28)19(21)23-22-18)15-8-16(25(5)24-15)26-6-7-29-12(3)9-26/h8,10-13,19,22-23H,6-7,9,21H2,1-5H3/t12?,13-,19?/m0/s1. The third-order valence-corrected chi connectivity index (χ3v) is 6.04. The minimum absolute atomic E-state index is 0.0441. The van der Waals surface area contributed by atoms with E-state index in [0.717, 1.165) is 35.9 Å². The van der Waals surface area contributed by atoms with Crippen LogP contribution < -0.4 is 27.0 Å². The fourth-order valence-corrected chi connectivity index (χ4v) is 4.03. The summed E-state index contributed by atoms with van der Waals surface area (Å²) in [6, 6.07) is 2.12. The van der Waals surface area contributed by atoms with Crippen molar-refractivity contribution in [2.24, 2.45) is 18.7 Å². The molecule has 2 aliphatic heterocycles. The van der Waals surface area contributed by atoms with Crippen LogP contribution in [0.1, 0.15) is 45.5 Å². The zero-order valence-electron chi connectivity index (χ0n) is 17.8. The zero-order valence-corrected chi connectivity index (χ0v) is 17.8. The second-order valence-electron chi connectivity index (χ2n) is 8.41. The Morgan fingerprint density at radius 2 is 2.10 bits per heavy atom. The minimum Gasteiger partial charge on any atom is -0.375 e. The van der Waals surface area contributed by atoms with Crippen molar-refractivity contribution in [3.8, 4) is 11.3 Å². The summed E-state index contributed by atoms with van der Waals surface area (Å²) in [6.07, 6.45) is 1.54. The van der Waals surface area contributed by atoms with Crippen LogP contribution in [0.2, 0.25) is 0 Å². The molecule has 29 heavy (non-hydrogen) atoms. The third-order valence-electron chi connectivity index (χ3n) is 6.04. The molecule has 0 radical (unpaired) electrons. The predicted octanol–water partition coefficient (Wildman–Crippen LogP) is 1.58. The number of rotatable bonds is 4. The number of hydrogen-bond acceptors (Lipinski definition) is 7. The second-order valence-corrected chi connectivity index (χ2v) is 8.41. The first-order valence-corrected chi connectivity index (χ1v) is 10.2. The van der Waals surface area contributed by atoms with E-state index in [4.69, 9.17) is 15.6 Å². The fraction of sp³-hybridized carbons (Fsp3) is 0.600. The van der Waals surface area contributed by atoms with Gasteiger partial charge >= 0.3 is 0 Å². The predicted molar refractivity (Wildman–Crippen MR) is 114 cm³/mol. The van der Waals surface area contributed by atoms with Crippen molar-refractivity contribution in [3.63, 3.8) is 0 Å². The molecule has 0 aromatic carbocycles. The Hall–Kier alpha value is -2.36. The molecule has 2 aromatic rings. The number of fused-ring (bicyclic) bond motifs is 1. The van der Waals surface area contributed by atoms with Gasteiger partial charge in [0.25, 0.3) is 5.56 Å². The molecule has 2 aromatic heterocycles. The van der Waals surface area contributed by atoms with Crippen LogP contribution in [0, 0.1) is 5.92 Å². The summed E-state index contributed by atoms with van der Waals surface area (Å²) in [7, 11) is 1.95. The molecular weight excluding hydrogens is 370 g/mol. The third kappa shape index (κ3) is 3.43. The van der Waals surface area contributed by atoms with Gasteiger partial charge in [0.1, 0.15) is 12.0 Å². The van der Waals surface area contributed by atoms with Crippen LogP contribution in [0.3, 0.4) is 0 Å². The topological polar surface area (TPSA) is 102 Å². The van der Waals surface area contributed by atoms with E-state index in [1.807, 2.05) is 17.9 Å². The summed E-state index contributed by atoms with van der Waals surface area (Å²) in [4.78, 5) is 15.4. The molecule has 0 bridgehead atoms. The lowest BCUT2D eigenvalue weighted by atomic mass is 10.0. The Morgan fingerprint density at radius 3 is 2.79 bits per heavy atom. The largest absolute Gasteiger partial charge is 0.375 e. The highest BCUT2D eigenvalue weighted by atomic mass is 16.5. The SMILES string of the molecule is CC1CN(c2cc(-c3cn([C@@H](C)C(C)C)c(=O)c4c3NNC4N)nn2C)CCO1. The van der Waals surface area contributed by atoms with E-state index in [-0.39, 0.29) is 17.7 Å². The quantitative estimate of drug-likeness (QED) is 0.715. The van der Waals surface area contributed by atoms with Gasteiger partial charge < -0.3 is 25.4 Å². The van der Waals surface area contributed by atoms with Gasteiger partial charge in [0.15, 0.2) is 0 Å². The molecule has 2 unspecified atom stereocenters. The molecule has 4 N–H and O–H groups in total. The molecule has 0 amide bonds. The highest BCUT2D eigenvalue weighted by Gasteiger charge is 2.30. The van der Waals surface area contributed by atoms with Crippen LogP contribution in [0.25, 0.3) is 11.3 Å². The Kier molecular flexibility index (Phi) is 5.14. The van der Waals surface area contributed by atoms with E-state index in [1.54, 1.807) is 4.57 Å². The van der Waals surface area contributed by atoms with Gasteiger partial charge in [-0.2, -0.15) is 5.10 Å². The maximum atomic E-state index is 13.1. The smallest absolute Gasteiger partial charge is 0.259 e. The first-order valence-electron chi connectivity index (χ1n) is 10.2. The lowest BCUT2D eigenvalue weighted by Crippen LogP contribution is -2.41. The average Bonchev–Trinajstić information content (AvgIpc) is 3.25. The Balaban J connectivity index is 1.82. The molecule has 9 nitrogen and oxygen atoms in total. The highest BCUT2D eigenvalue weighted by molar-refractivity contribution is 5.80. The molecule has 2 aliphatic rings. The maximum Gasteiger partial charge on any atom is 0.259 e. The number of pyridine rings is 1. The molecule has 158 valence electrons. The van der Waals surface area contributed by atoms with Gasteiger partial charge in [0.2, 0.25) is 0 Å². The van der Waals surface area contributed by atoms with E-state index in [2.05, 4.69) is 49.5 Å². The van der Waals surface area contributed by atoms with Crippen molar-refractivity contribution in [1.29, 1.82) is 0 Å². The van der Waals surface area contributed by atoms with Crippen LogP contribution in [0.15, 0.2) is 17.1 Å².